The number of hydrogen-bond donors (Lipinski definition) is 2. The average Bonchev–Trinajstić information content (AvgIpc) is 3.17. The van der Waals surface area contributed by atoms with E-state index in [0.29, 0.717) is 12.6 Å². The second kappa shape index (κ2) is 6.14. The van der Waals surface area contributed by atoms with Crippen LogP contribution in [-0.2, 0) is 10.2 Å². The van der Waals surface area contributed by atoms with E-state index in [2.05, 4.69) is 10.6 Å². The number of carbonyl (C=O) groups is 1. The van der Waals surface area contributed by atoms with E-state index in [4.69, 9.17) is 0 Å². The second-order valence-electron chi connectivity index (χ2n) is 6.30. The van der Waals surface area contributed by atoms with E-state index in [0.717, 1.165) is 44.2 Å². The van der Waals surface area contributed by atoms with E-state index in [1.54, 1.807) is 6.07 Å². The zero-order valence-corrected chi connectivity index (χ0v) is 12.3. The van der Waals surface area contributed by atoms with Gasteiger partial charge >= 0.3 is 0 Å². The van der Waals surface area contributed by atoms with Crippen LogP contribution in [0, 0.1) is 5.82 Å². The molecule has 1 heterocycles. The van der Waals surface area contributed by atoms with E-state index in [1.165, 1.54) is 18.6 Å². The van der Waals surface area contributed by atoms with Gasteiger partial charge in [0.25, 0.3) is 0 Å². The van der Waals surface area contributed by atoms with Crippen molar-refractivity contribution in [1.82, 2.24) is 10.6 Å². The summed E-state index contributed by atoms with van der Waals surface area (Å²) in [6, 6.07) is 6.95. The van der Waals surface area contributed by atoms with E-state index >= 15 is 0 Å². The Bertz CT molecular complexity index is 505. The van der Waals surface area contributed by atoms with Crippen molar-refractivity contribution in [3.05, 3.63) is 35.6 Å². The number of hydrogen-bond acceptors (Lipinski definition) is 2. The summed E-state index contributed by atoms with van der Waals surface area (Å²) in [5.74, 6) is -0.191. The van der Waals surface area contributed by atoms with Crippen LogP contribution in [0.5, 0.6) is 0 Å². The first-order valence-corrected chi connectivity index (χ1v) is 7.98. The molecule has 4 heteroatoms. The van der Waals surface area contributed by atoms with Crippen LogP contribution in [-0.4, -0.2) is 25.0 Å². The smallest absolute Gasteiger partial charge is 0.230 e. The van der Waals surface area contributed by atoms with Gasteiger partial charge in [0.2, 0.25) is 5.91 Å². The van der Waals surface area contributed by atoms with E-state index < -0.39 is 5.41 Å². The predicted molar refractivity (Wildman–Crippen MR) is 80.6 cm³/mol. The van der Waals surface area contributed by atoms with Gasteiger partial charge < -0.3 is 10.6 Å². The van der Waals surface area contributed by atoms with Gasteiger partial charge in [0.05, 0.1) is 5.41 Å². The molecule has 21 heavy (non-hydrogen) atoms. The molecule has 0 spiro atoms. The van der Waals surface area contributed by atoms with Crippen LogP contribution in [0.1, 0.15) is 44.1 Å². The summed E-state index contributed by atoms with van der Waals surface area (Å²) in [5, 5.41) is 6.49. The number of halogens is 1. The van der Waals surface area contributed by atoms with Crippen LogP contribution in [0.25, 0.3) is 0 Å². The van der Waals surface area contributed by atoms with Crippen LogP contribution in [0.2, 0.25) is 0 Å². The highest BCUT2D eigenvalue weighted by Gasteiger charge is 2.42. The van der Waals surface area contributed by atoms with Gasteiger partial charge in [-0.2, -0.15) is 0 Å². The molecule has 2 aliphatic rings. The Balaban J connectivity index is 1.75. The summed E-state index contributed by atoms with van der Waals surface area (Å²) >= 11 is 0. The second-order valence-corrected chi connectivity index (χ2v) is 6.30. The summed E-state index contributed by atoms with van der Waals surface area (Å²) in [4.78, 5) is 12.8. The lowest BCUT2D eigenvalue weighted by Crippen LogP contribution is -2.46. The molecule has 0 aromatic heterocycles. The molecule has 1 aliphatic heterocycles. The highest BCUT2D eigenvalue weighted by molar-refractivity contribution is 5.88. The first-order chi connectivity index (χ1) is 10.2. The molecule has 3 nitrogen and oxygen atoms in total. The fourth-order valence-electron chi connectivity index (χ4n) is 3.73. The Labute approximate surface area is 125 Å². The predicted octanol–water partition coefficient (Wildman–Crippen LogP) is 2.51. The number of amides is 1. The minimum Gasteiger partial charge on any atom is -0.354 e. The largest absolute Gasteiger partial charge is 0.354 e. The maximum Gasteiger partial charge on any atom is 0.230 e. The lowest BCUT2D eigenvalue weighted by atomic mass is 9.78. The van der Waals surface area contributed by atoms with Gasteiger partial charge in [-0.25, -0.2) is 4.39 Å². The Kier molecular flexibility index (Phi) is 4.24. The van der Waals surface area contributed by atoms with E-state index in [9.17, 15) is 9.18 Å². The van der Waals surface area contributed by atoms with E-state index in [-0.39, 0.29) is 11.7 Å². The minimum atomic E-state index is -0.527. The monoisotopic (exact) mass is 290 g/mol. The van der Waals surface area contributed by atoms with E-state index in [1.807, 2.05) is 6.07 Å². The lowest BCUT2D eigenvalue weighted by Gasteiger charge is -2.29. The highest BCUT2D eigenvalue weighted by atomic mass is 19.1. The minimum absolute atomic E-state index is 0.0688. The number of rotatable bonds is 4. The first-order valence-electron chi connectivity index (χ1n) is 7.98. The van der Waals surface area contributed by atoms with Crippen molar-refractivity contribution < 1.29 is 9.18 Å². The van der Waals surface area contributed by atoms with Crippen LogP contribution >= 0.6 is 0 Å². The van der Waals surface area contributed by atoms with Crippen LogP contribution in [0.4, 0.5) is 4.39 Å². The molecule has 2 N–H and O–H groups in total. The molecule has 1 saturated heterocycles. The Morgan fingerprint density at radius 1 is 1.33 bits per heavy atom. The molecular weight excluding hydrogens is 267 g/mol. The Hall–Kier alpha value is -1.42. The molecule has 1 aromatic rings. The summed E-state index contributed by atoms with van der Waals surface area (Å²) < 4.78 is 13.5. The van der Waals surface area contributed by atoms with Gasteiger partial charge in [0.1, 0.15) is 5.82 Å². The molecule has 2 fully saturated rings. The van der Waals surface area contributed by atoms with Crippen LogP contribution in [0.3, 0.4) is 0 Å². The summed E-state index contributed by atoms with van der Waals surface area (Å²) in [6.07, 6.45) is 6.00. The standard InChI is InChI=1S/C17H23FN2O/c18-14-6-3-5-13(11-14)17(8-1-2-9-17)16(21)20-12-15-7-4-10-19-15/h3,5-6,11,15,19H,1-2,4,7-10,12H2,(H,20,21). The van der Waals surface area contributed by atoms with Crippen LogP contribution in [0.15, 0.2) is 24.3 Å². The molecule has 1 saturated carbocycles. The lowest BCUT2D eigenvalue weighted by molar-refractivity contribution is -0.126. The van der Waals surface area contributed by atoms with Gasteiger partial charge in [0, 0.05) is 12.6 Å². The average molecular weight is 290 g/mol. The normalized spacial score (nSPS) is 24.1. The Morgan fingerprint density at radius 2 is 2.14 bits per heavy atom. The van der Waals surface area contributed by atoms with Crippen molar-refractivity contribution in [2.24, 2.45) is 0 Å². The third-order valence-electron chi connectivity index (χ3n) is 4.94. The third-order valence-corrected chi connectivity index (χ3v) is 4.94. The quantitative estimate of drug-likeness (QED) is 0.894. The van der Waals surface area contributed by atoms with Crippen molar-refractivity contribution in [3.63, 3.8) is 0 Å². The topological polar surface area (TPSA) is 41.1 Å². The maximum absolute atomic E-state index is 13.5. The van der Waals surface area contributed by atoms with Crippen LogP contribution < -0.4 is 10.6 Å². The van der Waals surface area contributed by atoms with Gasteiger partial charge in [0.15, 0.2) is 0 Å². The van der Waals surface area contributed by atoms with Crippen molar-refractivity contribution in [2.75, 3.05) is 13.1 Å². The molecule has 0 bridgehead atoms. The van der Waals surface area contributed by atoms with Gasteiger partial charge in [-0.15, -0.1) is 0 Å². The van der Waals surface area contributed by atoms with Gasteiger partial charge in [-0.3, -0.25) is 4.79 Å². The molecule has 3 rings (SSSR count). The van der Waals surface area contributed by atoms with Crippen molar-refractivity contribution in [2.45, 2.75) is 50.0 Å². The number of carbonyl (C=O) groups excluding carboxylic acids is 1. The summed E-state index contributed by atoms with van der Waals surface area (Å²) in [6.45, 7) is 1.71. The molecule has 1 aromatic carbocycles. The molecule has 1 unspecified atom stereocenters. The highest BCUT2D eigenvalue weighted by Crippen LogP contribution is 2.41. The maximum atomic E-state index is 13.5. The summed E-state index contributed by atoms with van der Waals surface area (Å²) in [5.41, 5.74) is 0.303. The molecule has 0 radical (unpaired) electrons. The summed E-state index contributed by atoms with van der Waals surface area (Å²) in [7, 11) is 0. The Morgan fingerprint density at radius 3 is 2.81 bits per heavy atom. The SMILES string of the molecule is O=C(NCC1CCCN1)C1(c2cccc(F)c2)CCCC1. The van der Waals surface area contributed by atoms with Crippen molar-refractivity contribution in [1.29, 1.82) is 0 Å². The number of nitrogens with one attached hydrogen (secondary N) is 2. The first kappa shape index (κ1) is 14.5. The third kappa shape index (κ3) is 2.95. The zero-order chi connectivity index (χ0) is 14.7. The van der Waals surface area contributed by atoms with Gasteiger partial charge in [-0.05, 0) is 49.9 Å². The molecule has 1 amide bonds. The molecule has 1 aliphatic carbocycles. The number of benzene rings is 1. The van der Waals surface area contributed by atoms with Crippen molar-refractivity contribution >= 4 is 5.91 Å². The fraction of sp³-hybridized carbons (Fsp3) is 0.588. The zero-order valence-electron chi connectivity index (χ0n) is 12.3. The molecule has 114 valence electrons. The van der Waals surface area contributed by atoms with Crippen molar-refractivity contribution in [3.8, 4) is 0 Å². The molecular formula is C17H23FN2O. The van der Waals surface area contributed by atoms with Gasteiger partial charge in [-0.1, -0.05) is 25.0 Å². The fourth-order valence-corrected chi connectivity index (χ4v) is 3.73. The molecule has 1 atom stereocenters.